The van der Waals surface area contributed by atoms with E-state index in [0.717, 1.165) is 103 Å². The molecule has 0 bridgehead atoms. The fraction of sp³-hybridized carbons (Fsp3) is 0.833. The van der Waals surface area contributed by atoms with Gasteiger partial charge in [-0.15, -0.1) is 52.9 Å². The van der Waals surface area contributed by atoms with E-state index in [9.17, 15) is 109 Å². The Morgan fingerprint density at radius 1 is 0.256 bits per heavy atom. The molecule has 0 rings (SSSR count). The smallest absolute Gasteiger partial charge is 0.854 e. The van der Waals surface area contributed by atoms with Gasteiger partial charge in [0.1, 0.15) is 23.1 Å². The number of Topliss-reactive ketones (excluding diaryl/α,β-unsaturated/α-hetero) is 4. The molecule has 0 aromatic rings. The van der Waals surface area contributed by atoms with Crippen LogP contribution in [-0.2, 0) is 131 Å². The van der Waals surface area contributed by atoms with Crippen molar-refractivity contribution in [2.75, 3.05) is 52.9 Å². The molecule has 0 saturated heterocycles. The summed E-state index contributed by atoms with van der Waals surface area (Å²) in [7, 11) is 0. The minimum absolute atomic E-state index is 0. The van der Waals surface area contributed by atoms with Gasteiger partial charge in [0.15, 0.2) is 0 Å². The van der Waals surface area contributed by atoms with Crippen LogP contribution in [0.2, 0.25) is 0 Å². The van der Waals surface area contributed by atoms with Crippen LogP contribution >= 0.6 is 0 Å². The van der Waals surface area contributed by atoms with Crippen LogP contribution in [-0.4, -0.2) is 112 Å². The normalized spacial score (nSPS) is 9.84. The van der Waals surface area contributed by atoms with Crippen molar-refractivity contribution < 1.29 is 193 Å². The molecule has 0 aromatic heterocycles. The number of carbonyl (C=O) groups is 10. The molecule has 0 spiro atoms. The fourth-order valence-electron chi connectivity index (χ4n) is 3.84. The number of esters is 2. The quantitative estimate of drug-likeness (QED) is 0.0647. The molecular formula is C60H114O23Zr3. The van der Waals surface area contributed by atoms with E-state index >= 15 is 0 Å². The van der Waals surface area contributed by atoms with Crippen molar-refractivity contribution in [3.05, 3.63) is 0 Å². The minimum atomic E-state index is -1.27. The summed E-state index contributed by atoms with van der Waals surface area (Å²) in [6.07, 6.45) is 16.2. The van der Waals surface area contributed by atoms with E-state index in [1.54, 1.807) is 27.7 Å². The number of ether oxygens (including phenoxy) is 1. The third kappa shape index (κ3) is 160. The number of rotatable bonds is 28. The third-order valence-corrected chi connectivity index (χ3v) is 9.00. The number of carboxylic acid groups (broad SMARTS) is 4. The molecule has 0 aromatic carbocycles. The molecule has 23 nitrogen and oxygen atoms in total. The van der Waals surface area contributed by atoms with Crippen molar-refractivity contribution in [2.45, 2.75) is 253 Å². The first-order valence-corrected chi connectivity index (χ1v) is 29.0. The second-order valence-corrected chi connectivity index (χ2v) is 17.1. The molecule has 504 valence electrons. The van der Waals surface area contributed by atoms with Gasteiger partial charge in [-0.25, -0.2) is 0 Å². The zero-order chi connectivity index (χ0) is 68.6. The topological polar surface area (TPSA) is 457 Å². The van der Waals surface area contributed by atoms with Gasteiger partial charge in [0.25, 0.3) is 0 Å². The van der Waals surface area contributed by atoms with Crippen LogP contribution in [0.15, 0.2) is 0 Å². The number of aliphatic carboxylic acids is 4. The molecule has 4 unspecified atom stereocenters. The summed E-state index contributed by atoms with van der Waals surface area (Å²) in [6, 6.07) is 0. The van der Waals surface area contributed by atoms with E-state index < -0.39 is 59.5 Å². The number of hydrogen-bond acceptors (Lipinski definition) is 23. The first-order valence-electron chi connectivity index (χ1n) is 29.0. The molecular weight excluding hydrogens is 1360 g/mol. The van der Waals surface area contributed by atoms with Crippen molar-refractivity contribution >= 4 is 58.9 Å². The molecule has 0 radical (unpaired) electrons. The largest absolute Gasteiger partial charge is 4.00 e. The van der Waals surface area contributed by atoms with E-state index in [-0.39, 0.29) is 155 Å². The van der Waals surface area contributed by atoms with Gasteiger partial charge < -0.3 is 85.2 Å². The van der Waals surface area contributed by atoms with Gasteiger partial charge >= 0.3 is 90.5 Å². The van der Waals surface area contributed by atoms with Gasteiger partial charge in [0.2, 0.25) is 0 Å². The van der Waals surface area contributed by atoms with Crippen molar-refractivity contribution in [1.82, 2.24) is 0 Å². The fourth-order valence-corrected chi connectivity index (χ4v) is 3.84. The van der Waals surface area contributed by atoms with Crippen LogP contribution in [0, 0.1) is 23.7 Å². The van der Waals surface area contributed by atoms with Crippen molar-refractivity contribution in [1.29, 1.82) is 0 Å². The Balaban J connectivity index is -0.0000000443. The number of hydrogen-bond donors (Lipinski definition) is 0. The van der Waals surface area contributed by atoms with Crippen molar-refractivity contribution in [2.24, 2.45) is 23.7 Å². The van der Waals surface area contributed by atoms with Crippen molar-refractivity contribution in [3.8, 4) is 0 Å². The van der Waals surface area contributed by atoms with Crippen molar-refractivity contribution in [3.63, 3.8) is 0 Å². The van der Waals surface area contributed by atoms with E-state index in [2.05, 4.69) is 4.74 Å². The molecule has 86 heavy (non-hydrogen) atoms. The first kappa shape index (κ1) is 125. The van der Waals surface area contributed by atoms with Crippen LogP contribution in [0.4, 0.5) is 0 Å². The minimum Gasteiger partial charge on any atom is -0.854 e. The van der Waals surface area contributed by atoms with Crippen LogP contribution in [0.3, 0.4) is 0 Å². The molecule has 4 atom stereocenters. The summed E-state index contributed by atoms with van der Waals surface area (Å²) in [5, 5.41) is 116. The van der Waals surface area contributed by atoms with Crippen LogP contribution in [0.1, 0.15) is 253 Å². The van der Waals surface area contributed by atoms with E-state index in [1.165, 1.54) is 41.5 Å². The average Bonchev–Trinajstić information content (AvgIpc) is 3.38. The van der Waals surface area contributed by atoms with Crippen LogP contribution in [0.5, 0.6) is 0 Å². The molecule has 0 aliphatic rings. The predicted molar refractivity (Wildman–Crippen MR) is 299 cm³/mol. The zero-order valence-electron chi connectivity index (χ0n) is 56.0. The number of carbonyl (C=O) groups excluding carboxylic acids is 10. The Labute approximate surface area is 576 Å². The molecule has 0 aliphatic carbocycles. The second kappa shape index (κ2) is 117. The SMILES string of the molecule is CC(=O)OC(C)=O.CCC(C(C)=O)C(=O)[O-].CCC(C(C)=O)C(=O)[O-].CCC(C(C)=O)C(=O)[O-].CCC(C(C)=O)C(=O)[O-].CCCC[O-].CCCC[O-].CCCC[O-].CCCC[O-].CCCC[O-].CCCC[O-].CCCC[O-].CCCC[O-].[Zr+4].[Zr+4].[Zr+4]. The zero-order valence-corrected chi connectivity index (χ0v) is 63.4. The molecule has 0 saturated carbocycles. The summed E-state index contributed by atoms with van der Waals surface area (Å²) < 4.78 is 3.97. The summed E-state index contributed by atoms with van der Waals surface area (Å²) in [6.45, 7) is 30.8. The maximum atomic E-state index is 10.4. The molecule has 0 fully saturated rings. The maximum absolute atomic E-state index is 10.4. The summed E-state index contributed by atoms with van der Waals surface area (Å²) in [5.74, 6) is -11.2. The van der Waals surface area contributed by atoms with Crippen LogP contribution < -0.4 is 61.3 Å². The number of unbranched alkanes of at least 4 members (excludes halogenated alkanes) is 8. The Kier molecular flexibility index (Phi) is 171. The Hall–Kier alpha value is -1.97. The number of carboxylic acids is 4. The van der Waals surface area contributed by atoms with E-state index in [1.807, 2.05) is 55.4 Å². The molecule has 0 N–H and O–H groups in total. The Morgan fingerprint density at radius 3 is 0.360 bits per heavy atom. The third-order valence-electron chi connectivity index (χ3n) is 9.00. The molecule has 0 aliphatic heterocycles. The van der Waals surface area contributed by atoms with Gasteiger partial charge in [-0.1, -0.05) is 186 Å². The summed E-state index contributed by atoms with van der Waals surface area (Å²) in [4.78, 5) is 101. The number of ketones is 4. The Morgan fingerprint density at radius 2 is 0.360 bits per heavy atom. The van der Waals surface area contributed by atoms with Gasteiger partial charge in [-0.2, -0.15) is 0 Å². The van der Waals surface area contributed by atoms with Gasteiger partial charge in [0, 0.05) is 13.8 Å². The first-order chi connectivity index (χ1) is 38.8. The Bertz CT molecular complexity index is 1110. The second-order valence-electron chi connectivity index (χ2n) is 17.1. The molecule has 26 heteroatoms. The molecule has 0 amide bonds. The van der Waals surface area contributed by atoms with E-state index in [0.29, 0.717) is 25.7 Å². The van der Waals surface area contributed by atoms with Gasteiger partial charge in [-0.05, 0) is 53.4 Å². The van der Waals surface area contributed by atoms with Gasteiger partial charge in [0.05, 0.1) is 47.5 Å². The predicted octanol–water partition coefficient (Wildman–Crippen LogP) is -1.33. The standard InChI is InChI=1S/4C6H10O3.C4H6O3.8C4H9O.3Zr/c4*1-3-5(4(2)7)6(8)9;1-3(5)7-4(2)6;8*1-2-3-4-5;;;/h4*5H,3H2,1-2H3,(H,8,9);1-2H3;8*2-4H2,1H3;;;/q;;;;;8*-1;3*+4/p-4. The summed E-state index contributed by atoms with van der Waals surface area (Å²) >= 11 is 0. The summed E-state index contributed by atoms with van der Waals surface area (Å²) in [5.41, 5.74) is 0. The van der Waals surface area contributed by atoms with Crippen LogP contribution in [0.25, 0.3) is 0 Å². The molecule has 0 heterocycles. The van der Waals surface area contributed by atoms with Gasteiger partial charge in [-0.3, -0.25) is 28.8 Å². The monoisotopic (exact) mass is 1470 g/mol. The maximum Gasteiger partial charge on any atom is 4.00 e. The average molecular weight is 1480 g/mol. The van der Waals surface area contributed by atoms with E-state index in [4.69, 9.17) is 0 Å².